The molecule has 6 heteroatoms. The topological polar surface area (TPSA) is 50.7 Å². The van der Waals surface area contributed by atoms with Crippen molar-refractivity contribution in [2.24, 2.45) is 5.10 Å². The maximum absolute atomic E-state index is 13.4. The van der Waals surface area contributed by atoms with Crippen molar-refractivity contribution in [3.8, 4) is 5.75 Å². The number of benzene rings is 2. The minimum absolute atomic E-state index is 0.0712. The zero-order valence-corrected chi connectivity index (χ0v) is 12.8. The number of carbonyl (C=O) groups excluding carboxylic acids is 1. The van der Waals surface area contributed by atoms with Crippen LogP contribution in [-0.4, -0.2) is 18.7 Å². The Labute approximate surface area is 132 Å². The summed E-state index contributed by atoms with van der Waals surface area (Å²) in [6.45, 7) is 3.65. The molecule has 4 nitrogen and oxygen atoms in total. The van der Waals surface area contributed by atoms with Gasteiger partial charge in [0.15, 0.2) is 6.61 Å². The van der Waals surface area contributed by atoms with Crippen LogP contribution in [0.15, 0.2) is 41.5 Å². The van der Waals surface area contributed by atoms with Crippen molar-refractivity contribution in [2.75, 3.05) is 6.61 Å². The molecule has 0 aliphatic heterocycles. The standard InChI is InChI=1S/C17H16F2N2O2/c1-11-5-12(2)7-15(6-11)23-10-17(22)21-20-9-13-3-4-14(18)8-16(13)19/h3-9H,10H2,1-2H3,(H,21,22)/b20-9-. The number of hydrogen-bond acceptors (Lipinski definition) is 3. The van der Waals surface area contributed by atoms with Crippen LogP contribution in [0.4, 0.5) is 8.78 Å². The van der Waals surface area contributed by atoms with Gasteiger partial charge in [0.2, 0.25) is 0 Å². The number of ether oxygens (including phenoxy) is 1. The van der Waals surface area contributed by atoms with E-state index < -0.39 is 17.5 Å². The van der Waals surface area contributed by atoms with Gasteiger partial charge in [-0.2, -0.15) is 5.10 Å². The third-order valence-electron chi connectivity index (χ3n) is 2.92. The predicted molar refractivity (Wildman–Crippen MR) is 83.5 cm³/mol. The summed E-state index contributed by atoms with van der Waals surface area (Å²) < 4.78 is 31.5. The Morgan fingerprint density at radius 1 is 1.17 bits per heavy atom. The van der Waals surface area contributed by atoms with Gasteiger partial charge in [-0.3, -0.25) is 4.79 Å². The van der Waals surface area contributed by atoms with Crippen LogP contribution in [-0.2, 0) is 4.79 Å². The number of aryl methyl sites for hydroxylation is 2. The highest BCUT2D eigenvalue weighted by Gasteiger charge is 2.04. The van der Waals surface area contributed by atoms with Crippen molar-refractivity contribution < 1.29 is 18.3 Å². The molecule has 0 saturated carbocycles. The second-order valence-corrected chi connectivity index (χ2v) is 5.07. The lowest BCUT2D eigenvalue weighted by Crippen LogP contribution is -2.24. The minimum atomic E-state index is -0.755. The quantitative estimate of drug-likeness (QED) is 0.680. The van der Waals surface area contributed by atoms with Gasteiger partial charge in [-0.1, -0.05) is 6.07 Å². The number of amides is 1. The summed E-state index contributed by atoms with van der Waals surface area (Å²) >= 11 is 0. The van der Waals surface area contributed by atoms with Gasteiger partial charge in [-0.25, -0.2) is 14.2 Å². The number of rotatable bonds is 5. The van der Waals surface area contributed by atoms with Crippen LogP contribution < -0.4 is 10.2 Å². The fraction of sp³-hybridized carbons (Fsp3) is 0.176. The van der Waals surface area contributed by atoms with Crippen LogP contribution in [0.1, 0.15) is 16.7 Å². The molecule has 0 unspecified atom stereocenters. The number of hydrogen-bond donors (Lipinski definition) is 1. The third-order valence-corrected chi connectivity index (χ3v) is 2.92. The predicted octanol–water partition coefficient (Wildman–Crippen LogP) is 3.11. The van der Waals surface area contributed by atoms with Gasteiger partial charge in [0, 0.05) is 11.6 Å². The van der Waals surface area contributed by atoms with Gasteiger partial charge in [0.25, 0.3) is 5.91 Å². The average Bonchev–Trinajstić information content (AvgIpc) is 2.46. The number of nitrogens with zero attached hydrogens (tertiary/aromatic N) is 1. The van der Waals surface area contributed by atoms with E-state index in [-0.39, 0.29) is 12.2 Å². The van der Waals surface area contributed by atoms with Crippen molar-refractivity contribution in [2.45, 2.75) is 13.8 Å². The maximum Gasteiger partial charge on any atom is 0.277 e. The number of halogens is 2. The van der Waals surface area contributed by atoms with E-state index in [1.165, 1.54) is 6.07 Å². The van der Waals surface area contributed by atoms with E-state index in [0.29, 0.717) is 5.75 Å². The summed E-state index contributed by atoms with van der Waals surface area (Å²) in [6, 6.07) is 8.71. The van der Waals surface area contributed by atoms with E-state index in [1.54, 1.807) is 0 Å². The lowest BCUT2D eigenvalue weighted by molar-refractivity contribution is -0.123. The summed E-state index contributed by atoms with van der Waals surface area (Å²) in [7, 11) is 0. The normalized spacial score (nSPS) is 10.8. The summed E-state index contributed by atoms with van der Waals surface area (Å²) in [5.74, 6) is -1.32. The molecule has 0 heterocycles. The number of nitrogens with one attached hydrogen (secondary N) is 1. The Morgan fingerprint density at radius 2 is 1.87 bits per heavy atom. The molecule has 23 heavy (non-hydrogen) atoms. The fourth-order valence-corrected chi connectivity index (χ4v) is 1.98. The monoisotopic (exact) mass is 318 g/mol. The average molecular weight is 318 g/mol. The van der Waals surface area contributed by atoms with E-state index in [9.17, 15) is 13.6 Å². The van der Waals surface area contributed by atoms with E-state index in [4.69, 9.17) is 4.74 Å². The van der Waals surface area contributed by atoms with Crippen LogP contribution in [0.3, 0.4) is 0 Å². The second kappa shape index (κ2) is 7.49. The molecule has 0 atom stereocenters. The molecule has 2 aromatic rings. The number of hydrazone groups is 1. The largest absolute Gasteiger partial charge is 0.484 e. The van der Waals surface area contributed by atoms with Gasteiger partial charge in [0.1, 0.15) is 17.4 Å². The molecule has 0 radical (unpaired) electrons. The Balaban J connectivity index is 1.86. The summed E-state index contributed by atoms with van der Waals surface area (Å²) in [5.41, 5.74) is 4.35. The first-order chi connectivity index (χ1) is 10.9. The van der Waals surface area contributed by atoms with Gasteiger partial charge in [0.05, 0.1) is 6.21 Å². The fourth-order valence-electron chi connectivity index (χ4n) is 1.98. The van der Waals surface area contributed by atoms with Crippen LogP contribution >= 0.6 is 0 Å². The van der Waals surface area contributed by atoms with Crippen molar-refractivity contribution in [3.63, 3.8) is 0 Å². The van der Waals surface area contributed by atoms with Gasteiger partial charge >= 0.3 is 0 Å². The van der Waals surface area contributed by atoms with Crippen molar-refractivity contribution in [3.05, 3.63) is 64.7 Å². The molecule has 0 spiro atoms. The first kappa shape index (κ1) is 16.6. The van der Waals surface area contributed by atoms with Crippen LogP contribution in [0.2, 0.25) is 0 Å². The van der Waals surface area contributed by atoms with Crippen molar-refractivity contribution in [1.29, 1.82) is 0 Å². The van der Waals surface area contributed by atoms with Crippen molar-refractivity contribution in [1.82, 2.24) is 5.43 Å². The highest BCUT2D eigenvalue weighted by Crippen LogP contribution is 2.15. The van der Waals surface area contributed by atoms with E-state index in [0.717, 1.165) is 29.5 Å². The first-order valence-corrected chi connectivity index (χ1v) is 6.92. The third kappa shape index (κ3) is 5.18. The molecule has 120 valence electrons. The van der Waals surface area contributed by atoms with Crippen molar-refractivity contribution >= 4 is 12.1 Å². The van der Waals surface area contributed by atoms with E-state index in [1.807, 2.05) is 32.0 Å². The maximum atomic E-state index is 13.4. The summed E-state index contributed by atoms with van der Waals surface area (Å²) in [5, 5.41) is 3.61. The molecular weight excluding hydrogens is 302 g/mol. The Bertz CT molecular complexity index is 725. The molecule has 0 aliphatic carbocycles. The lowest BCUT2D eigenvalue weighted by Gasteiger charge is -2.07. The molecule has 0 bridgehead atoms. The molecule has 0 aliphatic rings. The zero-order chi connectivity index (χ0) is 16.8. The van der Waals surface area contributed by atoms with Crippen LogP contribution in [0.5, 0.6) is 5.75 Å². The molecule has 1 amide bonds. The Hall–Kier alpha value is -2.76. The molecule has 0 fully saturated rings. The van der Waals surface area contributed by atoms with Crippen LogP contribution in [0.25, 0.3) is 0 Å². The van der Waals surface area contributed by atoms with E-state index >= 15 is 0 Å². The molecule has 0 aromatic heterocycles. The second-order valence-electron chi connectivity index (χ2n) is 5.07. The molecule has 1 N–H and O–H groups in total. The van der Waals surface area contributed by atoms with Gasteiger partial charge in [-0.05, 0) is 49.2 Å². The SMILES string of the molecule is Cc1cc(C)cc(OCC(=O)N/N=C\c2ccc(F)cc2F)c1. The Morgan fingerprint density at radius 3 is 2.52 bits per heavy atom. The highest BCUT2D eigenvalue weighted by molar-refractivity contribution is 5.83. The van der Waals surface area contributed by atoms with Gasteiger partial charge in [-0.15, -0.1) is 0 Å². The zero-order valence-electron chi connectivity index (χ0n) is 12.8. The molecule has 2 rings (SSSR count). The highest BCUT2D eigenvalue weighted by atomic mass is 19.1. The molecule has 2 aromatic carbocycles. The Kier molecular flexibility index (Phi) is 5.41. The summed E-state index contributed by atoms with van der Waals surface area (Å²) in [6.07, 6.45) is 1.10. The van der Waals surface area contributed by atoms with Crippen LogP contribution in [0, 0.1) is 25.5 Å². The molecule has 0 saturated heterocycles. The lowest BCUT2D eigenvalue weighted by atomic mass is 10.1. The van der Waals surface area contributed by atoms with E-state index in [2.05, 4.69) is 10.5 Å². The minimum Gasteiger partial charge on any atom is -0.484 e. The first-order valence-electron chi connectivity index (χ1n) is 6.92. The summed E-state index contributed by atoms with van der Waals surface area (Å²) in [4.78, 5) is 11.6. The molecular formula is C17H16F2N2O2. The smallest absolute Gasteiger partial charge is 0.277 e. The van der Waals surface area contributed by atoms with Gasteiger partial charge < -0.3 is 4.74 Å². The number of carbonyl (C=O) groups is 1.